The van der Waals surface area contributed by atoms with Crippen molar-refractivity contribution >= 4 is 0 Å². The molecule has 1 aliphatic heterocycles. The van der Waals surface area contributed by atoms with Crippen LogP contribution < -0.4 is 0 Å². The van der Waals surface area contributed by atoms with Gasteiger partial charge in [-0.05, 0) is 40.5 Å². The van der Waals surface area contributed by atoms with E-state index >= 15 is 0 Å². The Hall–Kier alpha value is 2.09. The van der Waals surface area contributed by atoms with Crippen LogP contribution in [-0.4, -0.2) is 22.2 Å². The predicted molar refractivity (Wildman–Crippen MR) is 48.0 cm³/mol. The molecule has 0 amide bonds. The average Bonchev–Trinajstić information content (AvgIpc) is 1.80. The Morgan fingerprint density at radius 2 is 1.36 bits per heavy atom. The van der Waals surface area contributed by atoms with Crippen molar-refractivity contribution in [3.63, 3.8) is 0 Å². The monoisotopic (exact) mass is 348 g/mol. The van der Waals surface area contributed by atoms with E-state index in [0.29, 0.717) is 12.8 Å². The molecule has 0 saturated carbocycles. The Morgan fingerprint density at radius 3 is 1.64 bits per heavy atom. The van der Waals surface area contributed by atoms with Crippen molar-refractivity contribution in [3.8, 4) is 0 Å². The fraction of sp³-hybridized carbons (Fsp3) is 1.00. The summed E-state index contributed by atoms with van der Waals surface area (Å²) in [7, 11) is 0. The van der Waals surface area contributed by atoms with Gasteiger partial charge in [0.25, 0.3) is 0 Å². The van der Waals surface area contributed by atoms with Gasteiger partial charge in [-0.1, -0.05) is 0 Å². The van der Waals surface area contributed by atoms with E-state index in [1.54, 1.807) is 0 Å². The smallest absolute Gasteiger partial charge is 0.0429 e. The molecule has 0 spiro atoms. The first-order chi connectivity index (χ1) is 5.26. The number of piperidine rings is 1. The average molecular weight is 348 g/mol. The molecule has 14 heavy (non-hydrogen) atoms. The molecular formula is C9H18N2OY2-. The van der Waals surface area contributed by atoms with Crippen LogP contribution in [0.3, 0.4) is 0 Å². The normalized spacial score (nSPS) is 26.1. The third-order valence-corrected chi connectivity index (χ3v) is 2.59. The van der Waals surface area contributed by atoms with Crippen LogP contribution in [0.1, 0.15) is 40.5 Å². The SMILES string of the molecule is CC1(C)CC([NH-])CC(C)(C)N1[O].[Y].[Y]. The summed E-state index contributed by atoms with van der Waals surface area (Å²) in [5, 5.41) is 12.9. The summed E-state index contributed by atoms with van der Waals surface area (Å²) in [4.78, 5) is 0. The minimum absolute atomic E-state index is 0. The molecule has 0 aromatic heterocycles. The summed E-state index contributed by atoms with van der Waals surface area (Å²) < 4.78 is 0. The van der Waals surface area contributed by atoms with E-state index in [-0.39, 0.29) is 82.5 Å². The number of nitrogens with zero attached hydrogens (tertiary/aromatic N) is 1. The van der Waals surface area contributed by atoms with Gasteiger partial charge in [-0.3, -0.25) is 0 Å². The van der Waals surface area contributed by atoms with Gasteiger partial charge in [-0.2, -0.15) is 0 Å². The number of hydroxylamine groups is 2. The molecule has 0 bridgehead atoms. The largest absolute Gasteiger partial charge is 0.675 e. The van der Waals surface area contributed by atoms with Crippen LogP contribution in [0.15, 0.2) is 0 Å². The summed E-state index contributed by atoms with van der Waals surface area (Å²) in [6.07, 6.45) is 1.36. The van der Waals surface area contributed by atoms with Crippen LogP contribution in [0.25, 0.3) is 5.73 Å². The van der Waals surface area contributed by atoms with Crippen LogP contribution in [0.5, 0.6) is 0 Å². The molecule has 5 heteroatoms. The Balaban J connectivity index is 0. The minimum atomic E-state index is -0.367. The van der Waals surface area contributed by atoms with Gasteiger partial charge in [0.05, 0.1) is 0 Å². The van der Waals surface area contributed by atoms with Gasteiger partial charge < -0.3 is 5.73 Å². The summed E-state index contributed by atoms with van der Waals surface area (Å²) >= 11 is 0. The zero-order valence-corrected chi connectivity index (χ0v) is 15.2. The van der Waals surface area contributed by atoms with Gasteiger partial charge in [-0.25, -0.2) is 0 Å². The summed E-state index contributed by atoms with van der Waals surface area (Å²) in [6.45, 7) is 7.68. The van der Waals surface area contributed by atoms with E-state index in [2.05, 4.69) is 0 Å². The molecule has 1 heterocycles. The van der Waals surface area contributed by atoms with Crippen molar-refractivity contribution in [2.45, 2.75) is 57.7 Å². The van der Waals surface area contributed by atoms with Crippen molar-refractivity contribution in [1.29, 1.82) is 0 Å². The molecule has 77 valence electrons. The first-order valence-electron chi connectivity index (χ1n) is 4.44. The molecule has 1 fully saturated rings. The molecular weight excluding hydrogens is 330 g/mol. The van der Waals surface area contributed by atoms with Crippen molar-refractivity contribution < 1.29 is 70.6 Å². The topological polar surface area (TPSA) is 46.9 Å². The Bertz CT molecular complexity index is 168. The maximum Gasteiger partial charge on any atom is 0.0429 e. The molecule has 1 saturated heterocycles. The second-order valence-corrected chi connectivity index (χ2v) is 5.02. The molecule has 1 rings (SSSR count). The number of hydrogen-bond acceptors (Lipinski definition) is 1. The molecule has 0 aromatic rings. The molecule has 0 unspecified atom stereocenters. The van der Waals surface area contributed by atoms with Gasteiger partial charge in [0.1, 0.15) is 0 Å². The van der Waals surface area contributed by atoms with Gasteiger partial charge in [0, 0.05) is 76.5 Å². The molecule has 0 aromatic carbocycles. The number of hydrogen-bond donors (Lipinski definition) is 0. The number of nitrogens with one attached hydrogen (secondary N) is 1. The molecule has 3 radical (unpaired) electrons. The number of rotatable bonds is 0. The quantitative estimate of drug-likeness (QED) is 0.663. The van der Waals surface area contributed by atoms with Crippen LogP contribution in [0.2, 0.25) is 0 Å². The van der Waals surface area contributed by atoms with Crippen LogP contribution in [-0.2, 0) is 70.6 Å². The predicted octanol–water partition coefficient (Wildman–Crippen LogP) is 2.40. The summed E-state index contributed by atoms with van der Waals surface area (Å²) in [5.74, 6) is 0. The van der Waals surface area contributed by atoms with E-state index < -0.39 is 0 Å². The standard InChI is InChI=1S/C9H18N2O.2Y/c1-8(2)5-7(10)6-9(3,4)11(8)12;;/h7,10H,5-6H2,1-4H3;;/q-1;;. The van der Waals surface area contributed by atoms with Gasteiger partial charge >= 0.3 is 0 Å². The molecule has 0 atom stereocenters. The molecule has 3 nitrogen and oxygen atoms in total. The second-order valence-electron chi connectivity index (χ2n) is 5.02. The van der Waals surface area contributed by atoms with Gasteiger partial charge in [-0.15, -0.1) is 16.3 Å². The van der Waals surface area contributed by atoms with Crippen molar-refractivity contribution in [2.24, 2.45) is 0 Å². The Kier molecular flexibility index (Phi) is 8.09. The maximum absolute atomic E-state index is 11.7. The third-order valence-electron chi connectivity index (χ3n) is 2.59. The first-order valence-corrected chi connectivity index (χ1v) is 4.44. The molecule has 1 aliphatic rings. The fourth-order valence-corrected chi connectivity index (χ4v) is 2.26. The van der Waals surface area contributed by atoms with Crippen LogP contribution >= 0.6 is 0 Å². The fourth-order valence-electron chi connectivity index (χ4n) is 2.26. The second kappa shape index (κ2) is 6.14. The van der Waals surface area contributed by atoms with E-state index in [9.17, 15) is 5.21 Å². The van der Waals surface area contributed by atoms with Crippen molar-refractivity contribution in [1.82, 2.24) is 5.06 Å². The van der Waals surface area contributed by atoms with E-state index in [0.717, 1.165) is 5.06 Å². The zero-order valence-electron chi connectivity index (χ0n) is 9.50. The van der Waals surface area contributed by atoms with Crippen molar-refractivity contribution in [3.05, 3.63) is 5.73 Å². The summed E-state index contributed by atoms with van der Waals surface area (Å²) in [6, 6.07) is -0.0831. The third kappa shape index (κ3) is 4.16. The van der Waals surface area contributed by atoms with E-state index in [1.165, 1.54) is 0 Å². The maximum atomic E-state index is 11.7. The molecule has 1 N–H and O–H groups in total. The van der Waals surface area contributed by atoms with Crippen molar-refractivity contribution in [2.75, 3.05) is 0 Å². The van der Waals surface area contributed by atoms with Gasteiger partial charge in [0.15, 0.2) is 0 Å². The van der Waals surface area contributed by atoms with Gasteiger partial charge in [0.2, 0.25) is 0 Å². The zero-order chi connectivity index (χ0) is 9.57. The first kappa shape index (κ1) is 18.5. The Labute approximate surface area is 137 Å². The summed E-state index contributed by atoms with van der Waals surface area (Å²) in [5.41, 5.74) is 6.97. The van der Waals surface area contributed by atoms with E-state index in [1.807, 2.05) is 27.7 Å². The van der Waals surface area contributed by atoms with E-state index in [4.69, 9.17) is 5.73 Å². The van der Waals surface area contributed by atoms with Crippen LogP contribution in [0, 0.1) is 0 Å². The van der Waals surface area contributed by atoms with Crippen LogP contribution in [0.4, 0.5) is 0 Å². The minimum Gasteiger partial charge on any atom is -0.675 e. The molecule has 0 aliphatic carbocycles. The Morgan fingerprint density at radius 1 is 1.07 bits per heavy atom.